The van der Waals surface area contributed by atoms with Gasteiger partial charge in [0, 0.05) is 32.0 Å². The van der Waals surface area contributed by atoms with Crippen LogP contribution in [0.2, 0.25) is 0 Å². The molecular weight excluding hydrogens is 226 g/mol. The lowest BCUT2D eigenvalue weighted by atomic mass is 9.95. The van der Waals surface area contributed by atoms with Crippen LogP contribution in [0.5, 0.6) is 0 Å². The summed E-state index contributed by atoms with van der Waals surface area (Å²) in [6.07, 6.45) is 5.48. The number of alkyl halides is 1. The molecule has 1 aliphatic heterocycles. The predicted molar refractivity (Wildman–Crippen MR) is 65.6 cm³/mol. The molecule has 0 spiro atoms. The first-order valence-electron chi connectivity index (χ1n) is 6.22. The van der Waals surface area contributed by atoms with Crippen molar-refractivity contribution in [3.05, 3.63) is 0 Å². The van der Waals surface area contributed by atoms with Crippen molar-refractivity contribution >= 4 is 17.5 Å². The molecule has 0 aliphatic carbocycles. The van der Waals surface area contributed by atoms with Crippen LogP contribution < -0.4 is 0 Å². The first-order chi connectivity index (χ1) is 7.77. The van der Waals surface area contributed by atoms with Gasteiger partial charge in [-0.1, -0.05) is 0 Å². The number of piperidine rings is 1. The Morgan fingerprint density at radius 3 is 2.94 bits per heavy atom. The number of unbranched alkanes of at least 4 members (excludes halogenated alkanes) is 1. The summed E-state index contributed by atoms with van der Waals surface area (Å²) in [7, 11) is 0. The van der Waals surface area contributed by atoms with E-state index in [9.17, 15) is 4.79 Å². The van der Waals surface area contributed by atoms with Crippen molar-refractivity contribution < 1.29 is 9.90 Å². The summed E-state index contributed by atoms with van der Waals surface area (Å²) in [6, 6.07) is 0. The van der Waals surface area contributed by atoms with Gasteiger partial charge >= 0.3 is 0 Å². The second kappa shape index (κ2) is 7.91. The zero-order valence-electron chi connectivity index (χ0n) is 9.83. The topological polar surface area (TPSA) is 40.5 Å². The minimum Gasteiger partial charge on any atom is -0.396 e. The van der Waals surface area contributed by atoms with Gasteiger partial charge in [0.05, 0.1) is 0 Å². The molecule has 0 aromatic carbocycles. The van der Waals surface area contributed by atoms with Crippen LogP contribution in [0.1, 0.15) is 38.5 Å². The van der Waals surface area contributed by atoms with Crippen LogP contribution in [0.3, 0.4) is 0 Å². The zero-order chi connectivity index (χ0) is 11.8. The van der Waals surface area contributed by atoms with Crippen molar-refractivity contribution in [3.8, 4) is 0 Å². The van der Waals surface area contributed by atoms with Gasteiger partial charge in [-0.2, -0.15) is 0 Å². The molecule has 1 atom stereocenters. The highest BCUT2D eigenvalue weighted by Crippen LogP contribution is 2.20. The molecule has 1 N–H and O–H groups in total. The normalized spacial score (nSPS) is 21.1. The van der Waals surface area contributed by atoms with Crippen molar-refractivity contribution in [2.45, 2.75) is 38.5 Å². The lowest BCUT2D eigenvalue weighted by Gasteiger charge is -2.32. The quantitative estimate of drug-likeness (QED) is 0.576. The molecule has 4 heteroatoms. The van der Waals surface area contributed by atoms with E-state index in [1.54, 1.807) is 0 Å². The monoisotopic (exact) mass is 247 g/mol. The summed E-state index contributed by atoms with van der Waals surface area (Å²) in [4.78, 5) is 13.8. The molecule has 0 bridgehead atoms. The molecule has 3 nitrogen and oxygen atoms in total. The van der Waals surface area contributed by atoms with Gasteiger partial charge in [-0.25, -0.2) is 0 Å². The van der Waals surface area contributed by atoms with E-state index in [1.165, 1.54) is 0 Å². The van der Waals surface area contributed by atoms with Crippen molar-refractivity contribution in [3.63, 3.8) is 0 Å². The molecule has 1 fully saturated rings. The van der Waals surface area contributed by atoms with Gasteiger partial charge in [-0.15, -0.1) is 11.6 Å². The van der Waals surface area contributed by atoms with E-state index in [0.29, 0.717) is 18.2 Å². The number of carbonyl (C=O) groups is 1. The fourth-order valence-corrected chi connectivity index (χ4v) is 2.43. The maximum Gasteiger partial charge on any atom is 0.222 e. The Hall–Kier alpha value is -0.280. The van der Waals surface area contributed by atoms with E-state index < -0.39 is 0 Å². The molecule has 0 saturated carbocycles. The molecule has 1 saturated heterocycles. The minimum absolute atomic E-state index is 0.235. The van der Waals surface area contributed by atoms with Crippen molar-refractivity contribution in [1.29, 1.82) is 0 Å². The summed E-state index contributed by atoms with van der Waals surface area (Å²) in [5.41, 5.74) is 0. The summed E-state index contributed by atoms with van der Waals surface area (Å²) in [5.74, 6) is 1.39. The number of nitrogens with zero attached hydrogens (tertiary/aromatic N) is 1. The number of hydrogen-bond donors (Lipinski definition) is 1. The average molecular weight is 248 g/mol. The highest BCUT2D eigenvalue weighted by molar-refractivity contribution is 6.17. The molecule has 0 radical (unpaired) electrons. The van der Waals surface area contributed by atoms with E-state index in [4.69, 9.17) is 16.7 Å². The average Bonchev–Trinajstić information content (AvgIpc) is 2.30. The number of likely N-dealkylation sites (tertiary alicyclic amines) is 1. The summed E-state index contributed by atoms with van der Waals surface area (Å²) in [6.45, 7) is 1.96. The SMILES string of the molecule is O=C(CCCCCl)N1CCCC(CCO)C1. The number of aliphatic hydroxyl groups is 1. The number of halogens is 1. The third-order valence-electron chi connectivity index (χ3n) is 3.18. The van der Waals surface area contributed by atoms with Gasteiger partial charge in [0.2, 0.25) is 5.91 Å². The maximum absolute atomic E-state index is 11.8. The standard InChI is InChI=1S/C12H22ClNO2/c13-7-2-1-5-12(16)14-8-3-4-11(10-14)6-9-15/h11,15H,1-10H2. The third-order valence-corrected chi connectivity index (χ3v) is 3.45. The number of hydrogen-bond acceptors (Lipinski definition) is 2. The summed E-state index contributed by atoms with van der Waals surface area (Å²) < 4.78 is 0. The molecule has 94 valence electrons. The Morgan fingerprint density at radius 2 is 2.25 bits per heavy atom. The highest BCUT2D eigenvalue weighted by atomic mass is 35.5. The number of amides is 1. The second-order valence-electron chi connectivity index (χ2n) is 4.51. The fraction of sp³-hybridized carbons (Fsp3) is 0.917. The Bertz CT molecular complexity index is 209. The molecular formula is C12H22ClNO2. The number of aliphatic hydroxyl groups excluding tert-OH is 1. The Balaban J connectivity index is 2.26. The third kappa shape index (κ3) is 4.71. The van der Waals surface area contributed by atoms with E-state index in [-0.39, 0.29) is 12.5 Å². The Morgan fingerprint density at radius 1 is 1.44 bits per heavy atom. The van der Waals surface area contributed by atoms with Crippen LogP contribution >= 0.6 is 11.6 Å². The highest BCUT2D eigenvalue weighted by Gasteiger charge is 2.22. The first kappa shape index (κ1) is 13.8. The number of rotatable bonds is 6. The largest absolute Gasteiger partial charge is 0.396 e. The predicted octanol–water partition coefficient (Wildman–Crippen LogP) is 2.02. The minimum atomic E-state index is 0.235. The van der Waals surface area contributed by atoms with Gasteiger partial charge in [0.15, 0.2) is 0 Å². The fourth-order valence-electron chi connectivity index (χ4n) is 2.24. The lowest BCUT2D eigenvalue weighted by Crippen LogP contribution is -2.40. The van der Waals surface area contributed by atoms with E-state index in [0.717, 1.165) is 45.2 Å². The van der Waals surface area contributed by atoms with Crippen LogP contribution in [0, 0.1) is 5.92 Å². The zero-order valence-corrected chi connectivity index (χ0v) is 10.6. The molecule has 1 rings (SSSR count). The smallest absolute Gasteiger partial charge is 0.222 e. The van der Waals surface area contributed by atoms with Gasteiger partial charge in [-0.05, 0) is 38.0 Å². The Kier molecular flexibility index (Phi) is 6.81. The molecule has 1 heterocycles. The van der Waals surface area contributed by atoms with E-state index in [1.807, 2.05) is 4.90 Å². The van der Waals surface area contributed by atoms with Gasteiger partial charge < -0.3 is 10.0 Å². The molecule has 0 aromatic rings. The van der Waals surface area contributed by atoms with Gasteiger partial charge in [-0.3, -0.25) is 4.79 Å². The molecule has 1 aliphatic rings. The maximum atomic E-state index is 11.8. The lowest BCUT2D eigenvalue weighted by molar-refractivity contribution is -0.133. The van der Waals surface area contributed by atoms with E-state index in [2.05, 4.69) is 0 Å². The van der Waals surface area contributed by atoms with Gasteiger partial charge in [0.25, 0.3) is 0 Å². The number of carbonyl (C=O) groups excluding carboxylic acids is 1. The molecule has 0 aromatic heterocycles. The molecule has 1 amide bonds. The summed E-state index contributed by atoms with van der Waals surface area (Å²) >= 11 is 5.58. The van der Waals surface area contributed by atoms with Crippen LogP contribution in [-0.2, 0) is 4.79 Å². The summed E-state index contributed by atoms with van der Waals surface area (Å²) in [5, 5.41) is 8.90. The van der Waals surface area contributed by atoms with Crippen LogP contribution in [0.25, 0.3) is 0 Å². The van der Waals surface area contributed by atoms with Crippen molar-refractivity contribution in [1.82, 2.24) is 4.90 Å². The van der Waals surface area contributed by atoms with Crippen molar-refractivity contribution in [2.24, 2.45) is 5.92 Å². The molecule has 1 unspecified atom stereocenters. The van der Waals surface area contributed by atoms with E-state index >= 15 is 0 Å². The van der Waals surface area contributed by atoms with Crippen LogP contribution in [-0.4, -0.2) is 41.5 Å². The van der Waals surface area contributed by atoms with Crippen molar-refractivity contribution in [2.75, 3.05) is 25.6 Å². The Labute approximate surface area is 103 Å². The first-order valence-corrected chi connectivity index (χ1v) is 6.76. The van der Waals surface area contributed by atoms with Crippen LogP contribution in [0.15, 0.2) is 0 Å². The van der Waals surface area contributed by atoms with Gasteiger partial charge in [0.1, 0.15) is 0 Å². The second-order valence-corrected chi connectivity index (χ2v) is 4.88. The molecule has 16 heavy (non-hydrogen) atoms. The van der Waals surface area contributed by atoms with Crippen LogP contribution in [0.4, 0.5) is 0 Å².